The fourth-order valence-electron chi connectivity index (χ4n) is 2.47. The second-order valence-corrected chi connectivity index (χ2v) is 6.48. The van der Waals surface area contributed by atoms with Crippen LogP contribution in [0, 0.1) is 0 Å². The standard InChI is InChI=1S/C14H14O3S/c1-10-8-14(18(15,16)17-10)13-7-6-11-4-2-3-5-12(11)9-13/h2-7,9-10,14H,8H2,1H3/t10-,14-/m1/s1. The van der Waals surface area contributed by atoms with E-state index in [0.717, 1.165) is 16.3 Å². The van der Waals surface area contributed by atoms with Crippen molar-refractivity contribution in [2.75, 3.05) is 0 Å². The van der Waals surface area contributed by atoms with Crippen LogP contribution in [0.25, 0.3) is 10.8 Å². The van der Waals surface area contributed by atoms with Gasteiger partial charge in [0.25, 0.3) is 10.1 Å². The molecule has 0 spiro atoms. The maximum Gasteiger partial charge on any atom is 0.274 e. The average molecular weight is 262 g/mol. The Hall–Kier alpha value is -1.39. The highest BCUT2D eigenvalue weighted by Gasteiger charge is 2.38. The molecule has 4 heteroatoms. The molecule has 1 aliphatic rings. The molecule has 0 aromatic heterocycles. The first-order valence-electron chi connectivity index (χ1n) is 5.97. The Labute approximate surface area is 107 Å². The Morgan fingerprint density at radius 2 is 1.83 bits per heavy atom. The van der Waals surface area contributed by atoms with Gasteiger partial charge in [0, 0.05) is 0 Å². The molecule has 3 nitrogen and oxygen atoms in total. The molecule has 18 heavy (non-hydrogen) atoms. The maximum absolute atomic E-state index is 11.9. The molecule has 0 amide bonds. The third-order valence-electron chi connectivity index (χ3n) is 3.34. The molecule has 0 aliphatic carbocycles. The molecule has 0 saturated carbocycles. The highest BCUT2D eigenvalue weighted by molar-refractivity contribution is 7.87. The summed E-state index contributed by atoms with van der Waals surface area (Å²) in [7, 11) is -3.46. The Balaban J connectivity index is 2.10. The number of fused-ring (bicyclic) bond motifs is 1. The minimum Gasteiger partial charge on any atom is -0.267 e. The first-order chi connectivity index (χ1) is 8.56. The zero-order valence-electron chi connectivity index (χ0n) is 10.0. The first-order valence-corrected chi connectivity index (χ1v) is 7.44. The zero-order chi connectivity index (χ0) is 12.8. The zero-order valence-corrected chi connectivity index (χ0v) is 10.9. The lowest BCUT2D eigenvalue weighted by Crippen LogP contribution is -2.06. The molecule has 2 atom stereocenters. The molecular weight excluding hydrogens is 248 g/mol. The molecule has 1 heterocycles. The van der Waals surface area contributed by atoms with Crippen LogP contribution in [0.4, 0.5) is 0 Å². The molecule has 1 aliphatic heterocycles. The second kappa shape index (κ2) is 4.07. The lowest BCUT2D eigenvalue weighted by Gasteiger charge is -2.09. The van der Waals surface area contributed by atoms with Crippen molar-refractivity contribution < 1.29 is 12.6 Å². The summed E-state index contributed by atoms with van der Waals surface area (Å²) in [6.45, 7) is 1.79. The lowest BCUT2D eigenvalue weighted by molar-refractivity contribution is 0.257. The number of hydrogen-bond acceptors (Lipinski definition) is 3. The van der Waals surface area contributed by atoms with E-state index in [-0.39, 0.29) is 6.10 Å². The van der Waals surface area contributed by atoms with E-state index in [4.69, 9.17) is 4.18 Å². The predicted octanol–water partition coefficient (Wildman–Crippen LogP) is 3.02. The van der Waals surface area contributed by atoms with Gasteiger partial charge in [0.15, 0.2) is 0 Å². The van der Waals surface area contributed by atoms with Crippen molar-refractivity contribution in [3.8, 4) is 0 Å². The van der Waals surface area contributed by atoms with Crippen LogP contribution >= 0.6 is 0 Å². The van der Waals surface area contributed by atoms with Crippen LogP contribution in [0.15, 0.2) is 42.5 Å². The minimum atomic E-state index is -3.46. The molecule has 0 bridgehead atoms. The van der Waals surface area contributed by atoms with E-state index < -0.39 is 15.4 Å². The van der Waals surface area contributed by atoms with E-state index >= 15 is 0 Å². The quantitative estimate of drug-likeness (QED) is 0.742. The van der Waals surface area contributed by atoms with E-state index in [1.54, 1.807) is 6.92 Å². The first kappa shape index (κ1) is 11.7. The Bertz CT molecular complexity index is 691. The fraction of sp³-hybridized carbons (Fsp3) is 0.286. The van der Waals surface area contributed by atoms with Crippen molar-refractivity contribution in [2.45, 2.75) is 24.7 Å². The molecule has 2 aromatic carbocycles. The van der Waals surface area contributed by atoms with Crippen molar-refractivity contribution in [3.63, 3.8) is 0 Å². The third kappa shape index (κ3) is 1.91. The topological polar surface area (TPSA) is 43.4 Å². The Morgan fingerprint density at radius 3 is 2.50 bits per heavy atom. The van der Waals surface area contributed by atoms with E-state index in [2.05, 4.69) is 0 Å². The van der Waals surface area contributed by atoms with E-state index in [1.807, 2.05) is 42.5 Å². The summed E-state index contributed by atoms with van der Waals surface area (Å²) in [5.74, 6) is 0. The van der Waals surface area contributed by atoms with Gasteiger partial charge in [-0.2, -0.15) is 8.42 Å². The van der Waals surface area contributed by atoms with Gasteiger partial charge in [-0.3, -0.25) is 4.18 Å². The van der Waals surface area contributed by atoms with Gasteiger partial charge in [0.2, 0.25) is 0 Å². The number of benzene rings is 2. The average Bonchev–Trinajstić information content (AvgIpc) is 2.62. The lowest BCUT2D eigenvalue weighted by atomic mass is 10.0. The van der Waals surface area contributed by atoms with Gasteiger partial charge in [0.1, 0.15) is 5.25 Å². The van der Waals surface area contributed by atoms with E-state index in [0.29, 0.717) is 6.42 Å². The predicted molar refractivity (Wildman–Crippen MR) is 70.8 cm³/mol. The van der Waals surface area contributed by atoms with Crippen LogP contribution < -0.4 is 0 Å². The summed E-state index contributed by atoms with van der Waals surface area (Å²) in [6.07, 6.45) is 0.298. The van der Waals surface area contributed by atoms with Gasteiger partial charge >= 0.3 is 0 Å². The number of hydrogen-bond donors (Lipinski definition) is 0. The summed E-state index contributed by atoms with van der Waals surface area (Å²) in [5, 5.41) is 1.65. The van der Waals surface area contributed by atoms with Crippen molar-refractivity contribution in [2.24, 2.45) is 0 Å². The van der Waals surface area contributed by atoms with Gasteiger partial charge in [-0.1, -0.05) is 36.4 Å². The van der Waals surface area contributed by atoms with E-state index in [1.165, 1.54) is 0 Å². The molecular formula is C14H14O3S. The summed E-state index contributed by atoms with van der Waals surface area (Å²) in [5.41, 5.74) is 0.818. The SMILES string of the molecule is C[C@@H]1C[C@H](c2ccc3ccccc3c2)S(=O)(=O)O1. The molecule has 0 unspecified atom stereocenters. The second-order valence-electron chi connectivity index (χ2n) is 4.73. The Kier molecular flexibility index (Phi) is 2.64. The molecule has 2 aromatic rings. The van der Waals surface area contributed by atoms with E-state index in [9.17, 15) is 8.42 Å². The summed E-state index contributed by atoms with van der Waals surface area (Å²) in [4.78, 5) is 0. The molecule has 1 fully saturated rings. The van der Waals surface area contributed by atoms with Gasteiger partial charge in [-0.25, -0.2) is 0 Å². The van der Waals surface area contributed by atoms with Gasteiger partial charge in [0.05, 0.1) is 6.10 Å². The molecule has 0 radical (unpaired) electrons. The molecule has 94 valence electrons. The van der Waals surface area contributed by atoms with Crippen LogP contribution in [0.5, 0.6) is 0 Å². The van der Waals surface area contributed by atoms with Crippen molar-refractivity contribution in [1.29, 1.82) is 0 Å². The van der Waals surface area contributed by atoms with Crippen LogP contribution in [0.3, 0.4) is 0 Å². The molecule has 3 rings (SSSR count). The third-order valence-corrected chi connectivity index (χ3v) is 5.10. The maximum atomic E-state index is 11.9. The van der Waals surface area contributed by atoms with Gasteiger partial charge in [-0.15, -0.1) is 0 Å². The molecule has 1 saturated heterocycles. The smallest absolute Gasteiger partial charge is 0.267 e. The van der Waals surface area contributed by atoms with Crippen molar-refractivity contribution in [1.82, 2.24) is 0 Å². The van der Waals surface area contributed by atoms with Crippen LogP contribution in [-0.4, -0.2) is 14.5 Å². The highest BCUT2D eigenvalue weighted by atomic mass is 32.2. The fourth-order valence-corrected chi connectivity index (χ4v) is 4.12. The van der Waals surface area contributed by atoms with Crippen LogP contribution in [0.2, 0.25) is 0 Å². The van der Waals surface area contributed by atoms with Gasteiger partial charge < -0.3 is 0 Å². The van der Waals surface area contributed by atoms with Gasteiger partial charge in [-0.05, 0) is 35.7 Å². The summed E-state index contributed by atoms with van der Waals surface area (Å²) >= 11 is 0. The van der Waals surface area contributed by atoms with Crippen molar-refractivity contribution in [3.05, 3.63) is 48.0 Å². The Morgan fingerprint density at radius 1 is 1.11 bits per heavy atom. The van der Waals surface area contributed by atoms with Crippen LogP contribution in [0.1, 0.15) is 24.2 Å². The largest absolute Gasteiger partial charge is 0.274 e. The minimum absolute atomic E-state index is 0.230. The molecule has 0 N–H and O–H groups in total. The number of rotatable bonds is 1. The monoisotopic (exact) mass is 262 g/mol. The van der Waals surface area contributed by atoms with Crippen molar-refractivity contribution >= 4 is 20.9 Å². The van der Waals surface area contributed by atoms with Crippen LogP contribution in [-0.2, 0) is 14.3 Å². The summed E-state index contributed by atoms with van der Waals surface area (Å²) < 4.78 is 28.8. The normalized spacial score (nSPS) is 26.5. The summed E-state index contributed by atoms with van der Waals surface area (Å²) in [6, 6.07) is 13.7. The highest BCUT2D eigenvalue weighted by Crippen LogP contribution is 2.37.